The molecule has 0 bridgehead atoms. The van der Waals surface area contributed by atoms with Crippen molar-refractivity contribution in [3.63, 3.8) is 0 Å². The van der Waals surface area contributed by atoms with Crippen molar-refractivity contribution in [1.82, 2.24) is 14.7 Å². The second-order valence-corrected chi connectivity index (χ2v) is 5.76. The maximum atomic E-state index is 12.3. The van der Waals surface area contributed by atoms with Gasteiger partial charge in [0.05, 0.1) is 11.9 Å². The summed E-state index contributed by atoms with van der Waals surface area (Å²) in [6, 6.07) is 9.62. The van der Waals surface area contributed by atoms with E-state index in [0.29, 0.717) is 5.02 Å². The van der Waals surface area contributed by atoms with Gasteiger partial charge in [0.2, 0.25) is 0 Å². The lowest BCUT2D eigenvalue weighted by molar-refractivity contribution is -0.136. The molecule has 6 heteroatoms. The van der Waals surface area contributed by atoms with Gasteiger partial charge in [-0.2, -0.15) is 0 Å². The number of nitrogens with zero attached hydrogens (tertiary/aromatic N) is 3. The first-order chi connectivity index (χ1) is 10.6. The van der Waals surface area contributed by atoms with Gasteiger partial charge in [-0.15, -0.1) is 5.10 Å². The first-order valence-electron chi connectivity index (χ1n) is 7.41. The number of likely N-dealkylation sites (tertiary alicyclic amines) is 1. The summed E-state index contributed by atoms with van der Waals surface area (Å²) in [5, 5.41) is 4.71. The molecule has 0 radical (unpaired) electrons. The van der Waals surface area contributed by atoms with Gasteiger partial charge in [-0.05, 0) is 31.9 Å². The SMILES string of the molecule is C[C@@H](Oc1nn(-c2ccccc2)cc1Cl)C(=O)N1CCCC1. The van der Waals surface area contributed by atoms with Crippen LogP contribution in [-0.2, 0) is 4.79 Å². The zero-order chi connectivity index (χ0) is 15.5. The van der Waals surface area contributed by atoms with Crippen LogP contribution in [0.25, 0.3) is 5.69 Å². The quantitative estimate of drug-likeness (QED) is 0.870. The number of halogens is 1. The molecular formula is C16H18ClN3O2. The molecule has 0 aliphatic carbocycles. The third-order valence-corrected chi connectivity index (χ3v) is 3.97. The second-order valence-electron chi connectivity index (χ2n) is 5.35. The maximum Gasteiger partial charge on any atom is 0.263 e. The Morgan fingerprint density at radius 2 is 1.95 bits per heavy atom. The average molecular weight is 320 g/mol. The highest BCUT2D eigenvalue weighted by molar-refractivity contribution is 6.31. The standard InChI is InChI=1S/C16H18ClN3O2/c1-12(16(21)19-9-5-6-10-19)22-15-14(17)11-20(18-15)13-7-3-2-4-8-13/h2-4,7-8,11-12H,5-6,9-10H2,1H3/t12-/m1/s1. The highest BCUT2D eigenvalue weighted by Gasteiger charge is 2.26. The Balaban J connectivity index is 1.72. The average Bonchev–Trinajstić information content (AvgIpc) is 3.18. The number of hydrogen-bond donors (Lipinski definition) is 0. The highest BCUT2D eigenvalue weighted by atomic mass is 35.5. The van der Waals surface area contributed by atoms with E-state index in [2.05, 4.69) is 5.10 Å². The van der Waals surface area contributed by atoms with Gasteiger partial charge in [0, 0.05) is 13.1 Å². The zero-order valence-electron chi connectivity index (χ0n) is 12.4. The van der Waals surface area contributed by atoms with E-state index in [1.165, 1.54) is 0 Å². The van der Waals surface area contributed by atoms with Crippen LogP contribution in [-0.4, -0.2) is 39.8 Å². The highest BCUT2D eigenvalue weighted by Crippen LogP contribution is 2.25. The fraction of sp³-hybridized carbons (Fsp3) is 0.375. The molecular weight excluding hydrogens is 302 g/mol. The van der Waals surface area contributed by atoms with Crippen LogP contribution in [0.4, 0.5) is 0 Å². The van der Waals surface area contributed by atoms with Gasteiger partial charge in [0.25, 0.3) is 11.8 Å². The minimum absolute atomic E-state index is 0.0113. The van der Waals surface area contributed by atoms with Gasteiger partial charge in [-0.25, -0.2) is 4.68 Å². The van der Waals surface area contributed by atoms with Crippen LogP contribution in [0.2, 0.25) is 5.02 Å². The smallest absolute Gasteiger partial charge is 0.263 e. The molecule has 1 aromatic heterocycles. The van der Waals surface area contributed by atoms with Crippen molar-refractivity contribution < 1.29 is 9.53 Å². The molecule has 1 atom stereocenters. The minimum atomic E-state index is -0.588. The first kappa shape index (κ1) is 14.9. The van der Waals surface area contributed by atoms with Crippen molar-refractivity contribution in [3.8, 4) is 11.6 Å². The molecule has 5 nitrogen and oxygen atoms in total. The fourth-order valence-corrected chi connectivity index (χ4v) is 2.72. The van der Waals surface area contributed by atoms with Crippen molar-refractivity contribution in [2.45, 2.75) is 25.9 Å². The summed E-state index contributed by atoms with van der Waals surface area (Å²) < 4.78 is 7.31. The number of aromatic nitrogens is 2. The molecule has 1 aliphatic rings. The number of para-hydroxylation sites is 1. The Labute approximate surface area is 134 Å². The molecule has 3 rings (SSSR count). The van der Waals surface area contributed by atoms with Crippen molar-refractivity contribution in [2.75, 3.05) is 13.1 Å². The van der Waals surface area contributed by atoms with Gasteiger partial charge in [-0.1, -0.05) is 29.8 Å². The molecule has 22 heavy (non-hydrogen) atoms. The molecule has 1 fully saturated rings. The normalized spacial score (nSPS) is 15.8. The molecule has 116 valence electrons. The Bertz CT molecular complexity index is 651. The Morgan fingerprint density at radius 3 is 2.64 bits per heavy atom. The topological polar surface area (TPSA) is 47.4 Å². The third-order valence-electron chi connectivity index (χ3n) is 3.71. The Hall–Kier alpha value is -2.01. The summed E-state index contributed by atoms with van der Waals surface area (Å²) in [5.74, 6) is 0.272. The van der Waals surface area contributed by atoms with Crippen molar-refractivity contribution in [3.05, 3.63) is 41.6 Å². The van der Waals surface area contributed by atoms with Crippen LogP contribution < -0.4 is 4.74 Å². The molecule has 0 saturated carbocycles. The summed E-state index contributed by atoms with van der Waals surface area (Å²) in [5.41, 5.74) is 0.887. The molecule has 2 heterocycles. The fourth-order valence-electron chi connectivity index (χ4n) is 2.54. The Kier molecular flexibility index (Phi) is 4.34. The van der Waals surface area contributed by atoms with E-state index in [-0.39, 0.29) is 11.8 Å². The monoisotopic (exact) mass is 319 g/mol. The van der Waals surface area contributed by atoms with Crippen LogP contribution >= 0.6 is 11.6 Å². The van der Waals surface area contributed by atoms with Gasteiger partial charge in [0.15, 0.2) is 6.10 Å². The lowest BCUT2D eigenvalue weighted by Gasteiger charge is -2.20. The van der Waals surface area contributed by atoms with Crippen molar-refractivity contribution in [1.29, 1.82) is 0 Å². The summed E-state index contributed by atoms with van der Waals surface area (Å²) in [6.45, 7) is 3.34. The lowest BCUT2D eigenvalue weighted by Crippen LogP contribution is -2.38. The molecule has 0 N–H and O–H groups in total. The summed E-state index contributed by atoms with van der Waals surface area (Å²) >= 11 is 6.17. The molecule has 1 aliphatic heterocycles. The third kappa shape index (κ3) is 3.09. The van der Waals surface area contributed by atoms with Crippen molar-refractivity contribution >= 4 is 17.5 Å². The summed E-state index contributed by atoms with van der Waals surface area (Å²) in [6.07, 6.45) is 3.21. The number of benzene rings is 1. The second kappa shape index (κ2) is 6.40. The van der Waals surface area contributed by atoms with Gasteiger partial charge < -0.3 is 9.64 Å². The van der Waals surface area contributed by atoms with E-state index >= 15 is 0 Å². The number of rotatable bonds is 4. The summed E-state index contributed by atoms with van der Waals surface area (Å²) in [4.78, 5) is 14.1. The van der Waals surface area contributed by atoms with Crippen LogP contribution in [0.5, 0.6) is 5.88 Å². The number of carbonyl (C=O) groups excluding carboxylic acids is 1. The van der Waals surface area contributed by atoms with Gasteiger partial charge in [-0.3, -0.25) is 4.79 Å². The van der Waals surface area contributed by atoms with Crippen LogP contribution in [0.15, 0.2) is 36.5 Å². The van der Waals surface area contributed by atoms with E-state index in [4.69, 9.17) is 16.3 Å². The molecule has 2 aromatic rings. The molecule has 1 aromatic carbocycles. The molecule has 1 saturated heterocycles. The van der Waals surface area contributed by atoms with Crippen LogP contribution in [0.3, 0.4) is 0 Å². The number of hydrogen-bond acceptors (Lipinski definition) is 3. The van der Waals surface area contributed by atoms with E-state index < -0.39 is 6.10 Å². The van der Waals surface area contributed by atoms with E-state index in [9.17, 15) is 4.79 Å². The summed E-state index contributed by atoms with van der Waals surface area (Å²) in [7, 11) is 0. The van der Waals surface area contributed by atoms with Gasteiger partial charge in [0.1, 0.15) is 5.02 Å². The predicted molar refractivity (Wildman–Crippen MR) is 84.5 cm³/mol. The van der Waals surface area contributed by atoms with Crippen molar-refractivity contribution in [2.24, 2.45) is 0 Å². The number of amides is 1. The lowest BCUT2D eigenvalue weighted by atomic mass is 10.3. The molecule has 1 amide bonds. The van der Waals surface area contributed by atoms with Crippen LogP contribution in [0, 0.1) is 0 Å². The van der Waals surface area contributed by atoms with E-state index in [1.807, 2.05) is 35.2 Å². The van der Waals surface area contributed by atoms with E-state index in [0.717, 1.165) is 31.6 Å². The molecule has 0 unspecified atom stereocenters. The zero-order valence-corrected chi connectivity index (χ0v) is 13.2. The van der Waals surface area contributed by atoms with E-state index in [1.54, 1.807) is 17.8 Å². The maximum absolute atomic E-state index is 12.3. The number of carbonyl (C=O) groups is 1. The Morgan fingerprint density at radius 1 is 1.27 bits per heavy atom. The molecule has 0 spiro atoms. The predicted octanol–water partition coefficient (Wildman–Crippen LogP) is 2.92. The first-order valence-corrected chi connectivity index (χ1v) is 7.79. The van der Waals surface area contributed by atoms with Gasteiger partial charge >= 0.3 is 0 Å². The number of ether oxygens (including phenoxy) is 1. The minimum Gasteiger partial charge on any atom is -0.462 e. The largest absolute Gasteiger partial charge is 0.462 e. The van der Waals surface area contributed by atoms with Crippen LogP contribution in [0.1, 0.15) is 19.8 Å².